The predicted molar refractivity (Wildman–Crippen MR) is 250 cm³/mol. The fourth-order valence-electron chi connectivity index (χ4n) is 8.68. The third-order valence-corrected chi connectivity index (χ3v) is 12.7. The predicted octanol–water partition coefficient (Wildman–Crippen LogP) is 13.5. The quantitative estimate of drug-likeness (QED) is 0.152. The zero-order valence-corrected chi connectivity index (χ0v) is 34.3. The molecule has 0 atom stereocenters. The van der Waals surface area contributed by atoms with Gasteiger partial charge in [0, 0.05) is 38.9 Å². The number of rotatable bonds is 8. The van der Waals surface area contributed by atoms with Crippen molar-refractivity contribution in [2.45, 2.75) is 15.2 Å². The SMILES string of the molecule is c1ccc(-c2cc(-c3cccc(C4(c5cccc(-c6cc(-c7ccccn7)nc(-c7ccccn7)c6)c5)c5ccccc5Sc5ccccc54)c3)nc(-c3ccccc3)n2)cc1. The van der Waals surface area contributed by atoms with Gasteiger partial charge in [-0.05, 0) is 100 Å². The first-order chi connectivity index (χ1) is 30.7. The van der Waals surface area contributed by atoms with Crippen LogP contribution in [0.15, 0.2) is 235 Å². The Bertz CT molecular complexity index is 2880. The van der Waals surface area contributed by atoms with E-state index in [-0.39, 0.29) is 0 Å². The third kappa shape index (κ3) is 6.77. The van der Waals surface area contributed by atoms with Crippen molar-refractivity contribution >= 4 is 11.8 Å². The van der Waals surface area contributed by atoms with E-state index in [1.54, 1.807) is 0 Å². The molecule has 6 heteroatoms. The van der Waals surface area contributed by atoms with Gasteiger partial charge >= 0.3 is 0 Å². The van der Waals surface area contributed by atoms with Gasteiger partial charge in [0.15, 0.2) is 5.82 Å². The van der Waals surface area contributed by atoms with Gasteiger partial charge in [-0.2, -0.15) is 0 Å². The number of nitrogens with zero attached hydrogens (tertiary/aromatic N) is 5. The average Bonchev–Trinajstić information content (AvgIpc) is 3.36. The Morgan fingerprint density at radius 2 is 0.790 bits per heavy atom. The van der Waals surface area contributed by atoms with Crippen LogP contribution >= 0.6 is 11.8 Å². The summed E-state index contributed by atoms with van der Waals surface area (Å²) in [6.07, 6.45) is 3.62. The van der Waals surface area contributed by atoms with Crippen molar-refractivity contribution in [2.24, 2.45) is 0 Å². The zero-order chi connectivity index (χ0) is 41.3. The maximum atomic E-state index is 5.26. The number of pyridine rings is 3. The molecule has 0 saturated heterocycles. The van der Waals surface area contributed by atoms with Crippen LogP contribution in [-0.4, -0.2) is 24.9 Å². The monoisotopic (exact) mass is 811 g/mol. The van der Waals surface area contributed by atoms with Gasteiger partial charge in [-0.25, -0.2) is 15.0 Å². The van der Waals surface area contributed by atoms with Crippen LogP contribution in [0.4, 0.5) is 0 Å². The highest BCUT2D eigenvalue weighted by Gasteiger charge is 2.44. The molecule has 0 amide bonds. The Morgan fingerprint density at radius 1 is 0.306 bits per heavy atom. The number of hydrogen-bond acceptors (Lipinski definition) is 6. The molecule has 4 aromatic heterocycles. The van der Waals surface area contributed by atoms with Gasteiger partial charge in [0.05, 0.1) is 39.6 Å². The molecule has 11 rings (SSSR count). The lowest BCUT2D eigenvalue weighted by Crippen LogP contribution is -2.34. The molecule has 0 aliphatic carbocycles. The molecule has 62 heavy (non-hydrogen) atoms. The van der Waals surface area contributed by atoms with Crippen LogP contribution in [-0.2, 0) is 5.41 Å². The second kappa shape index (κ2) is 16.0. The van der Waals surface area contributed by atoms with Crippen LogP contribution in [0.2, 0.25) is 0 Å². The Balaban J connectivity index is 1.14. The minimum absolute atomic E-state index is 0.687. The van der Waals surface area contributed by atoms with Gasteiger partial charge in [0.2, 0.25) is 0 Å². The van der Waals surface area contributed by atoms with E-state index in [4.69, 9.17) is 24.9 Å². The first kappa shape index (κ1) is 37.2. The molecule has 292 valence electrons. The Kier molecular flexibility index (Phi) is 9.60. The highest BCUT2D eigenvalue weighted by atomic mass is 32.2. The first-order valence-electron chi connectivity index (χ1n) is 20.6. The van der Waals surface area contributed by atoms with Gasteiger partial charge in [-0.3, -0.25) is 9.97 Å². The summed E-state index contributed by atoms with van der Waals surface area (Å²) in [6, 6.07) is 74.6. The van der Waals surface area contributed by atoms with E-state index in [0.29, 0.717) is 5.82 Å². The molecule has 5 heterocycles. The summed E-state index contributed by atoms with van der Waals surface area (Å²) in [5.74, 6) is 0.687. The smallest absolute Gasteiger partial charge is 0.160 e. The Labute approximate surface area is 365 Å². The standard InChI is InChI=1S/C56H37N5S/c1-3-17-38(18-4-1)49-37-50(61-55(60-49)39-19-5-2-6-20-39)41-22-16-24-44(34-41)56(45-25-7-9-29-53(45)62-54-30-10-8-26-46(54)56)43-23-15-21-40(33-43)42-35-51(47-27-11-13-31-57-47)59-52(36-42)48-28-12-14-32-58-48/h1-37H. The summed E-state index contributed by atoms with van der Waals surface area (Å²) < 4.78 is 0. The molecule has 0 N–H and O–H groups in total. The highest BCUT2D eigenvalue weighted by molar-refractivity contribution is 7.99. The van der Waals surface area contributed by atoms with Gasteiger partial charge in [-0.15, -0.1) is 0 Å². The molecule has 1 aliphatic rings. The van der Waals surface area contributed by atoms with Crippen molar-refractivity contribution < 1.29 is 0 Å². The molecule has 0 bridgehead atoms. The first-order valence-corrected chi connectivity index (χ1v) is 21.5. The molecule has 0 fully saturated rings. The zero-order valence-electron chi connectivity index (χ0n) is 33.5. The lowest BCUT2D eigenvalue weighted by molar-refractivity contribution is 0.703. The van der Waals surface area contributed by atoms with E-state index in [2.05, 4.69) is 152 Å². The van der Waals surface area contributed by atoms with Crippen molar-refractivity contribution in [3.8, 4) is 67.8 Å². The van der Waals surface area contributed by atoms with Gasteiger partial charge in [-0.1, -0.05) is 157 Å². The fourth-order valence-corrected chi connectivity index (χ4v) is 9.88. The molecule has 6 aromatic carbocycles. The van der Waals surface area contributed by atoms with Crippen molar-refractivity contribution in [2.75, 3.05) is 0 Å². The van der Waals surface area contributed by atoms with Crippen LogP contribution in [0.3, 0.4) is 0 Å². The molecule has 0 saturated carbocycles. The van der Waals surface area contributed by atoms with Crippen molar-refractivity contribution in [3.63, 3.8) is 0 Å². The van der Waals surface area contributed by atoms with E-state index in [9.17, 15) is 0 Å². The maximum Gasteiger partial charge on any atom is 0.160 e. The van der Waals surface area contributed by atoms with E-state index in [1.807, 2.05) is 84.8 Å². The van der Waals surface area contributed by atoms with Gasteiger partial charge in [0.1, 0.15) is 0 Å². The van der Waals surface area contributed by atoms with Crippen molar-refractivity contribution in [1.29, 1.82) is 0 Å². The summed E-state index contributed by atoms with van der Waals surface area (Å²) in [4.78, 5) is 27.3. The van der Waals surface area contributed by atoms with Crippen LogP contribution < -0.4 is 0 Å². The molecule has 0 radical (unpaired) electrons. The number of aromatic nitrogens is 5. The summed E-state index contributed by atoms with van der Waals surface area (Å²) in [5.41, 5.74) is 14.1. The number of hydrogen-bond donors (Lipinski definition) is 0. The van der Waals surface area contributed by atoms with Crippen molar-refractivity contribution in [1.82, 2.24) is 24.9 Å². The van der Waals surface area contributed by atoms with Crippen LogP contribution in [0.25, 0.3) is 67.8 Å². The van der Waals surface area contributed by atoms with Crippen molar-refractivity contribution in [3.05, 3.63) is 247 Å². The Morgan fingerprint density at radius 3 is 1.37 bits per heavy atom. The second-order valence-electron chi connectivity index (χ2n) is 15.3. The summed E-state index contributed by atoms with van der Waals surface area (Å²) in [6.45, 7) is 0. The minimum atomic E-state index is -0.692. The topological polar surface area (TPSA) is 64.5 Å². The summed E-state index contributed by atoms with van der Waals surface area (Å²) >= 11 is 1.83. The van der Waals surface area contributed by atoms with E-state index < -0.39 is 5.41 Å². The van der Waals surface area contributed by atoms with Crippen LogP contribution in [0.5, 0.6) is 0 Å². The van der Waals surface area contributed by atoms with Gasteiger partial charge in [0.25, 0.3) is 0 Å². The van der Waals surface area contributed by atoms with Gasteiger partial charge < -0.3 is 0 Å². The highest BCUT2D eigenvalue weighted by Crippen LogP contribution is 2.56. The lowest BCUT2D eigenvalue weighted by Gasteiger charge is -2.42. The number of fused-ring (bicyclic) bond motifs is 2. The maximum absolute atomic E-state index is 5.26. The molecule has 5 nitrogen and oxygen atoms in total. The fraction of sp³-hybridized carbons (Fsp3) is 0.0179. The minimum Gasteiger partial charge on any atom is -0.255 e. The molecular formula is C56H37N5S. The molecular weight excluding hydrogens is 775 g/mol. The molecule has 0 unspecified atom stereocenters. The molecule has 10 aromatic rings. The lowest BCUT2D eigenvalue weighted by atomic mass is 9.64. The number of benzene rings is 6. The van der Waals surface area contributed by atoms with E-state index in [1.165, 1.54) is 20.9 Å². The van der Waals surface area contributed by atoms with Crippen LogP contribution in [0, 0.1) is 0 Å². The third-order valence-electron chi connectivity index (χ3n) is 11.5. The molecule has 1 aliphatic heterocycles. The Hall–Kier alpha value is -7.80. The summed E-state index contributed by atoms with van der Waals surface area (Å²) in [7, 11) is 0. The van der Waals surface area contributed by atoms with E-state index >= 15 is 0 Å². The second-order valence-corrected chi connectivity index (χ2v) is 16.3. The largest absolute Gasteiger partial charge is 0.255 e. The van der Waals surface area contributed by atoms with E-state index in [0.717, 1.165) is 73.1 Å². The normalized spacial score (nSPS) is 12.6. The average molecular weight is 812 g/mol. The molecule has 0 spiro atoms. The summed E-state index contributed by atoms with van der Waals surface area (Å²) in [5, 5.41) is 0. The van der Waals surface area contributed by atoms with Crippen LogP contribution in [0.1, 0.15) is 22.3 Å².